The molecular weight excluding hydrogens is 373 g/mol. The minimum Gasteiger partial charge on any atom is -0.183 e. The second kappa shape index (κ2) is 4.94. The highest BCUT2D eigenvalue weighted by Gasteiger charge is 2.25. The molecule has 3 nitrogen and oxygen atoms in total. The number of hydrogen-bond donors (Lipinski definition) is 0. The van der Waals surface area contributed by atoms with Crippen molar-refractivity contribution in [3.8, 4) is 22.5 Å². The van der Waals surface area contributed by atoms with Crippen molar-refractivity contribution in [3.05, 3.63) is 59.7 Å². The summed E-state index contributed by atoms with van der Waals surface area (Å²) >= 11 is 2.21. The summed E-state index contributed by atoms with van der Waals surface area (Å²) in [6, 6.07) is 17.1. The Balaban J connectivity index is 2.11. The first-order valence-corrected chi connectivity index (χ1v) is 8.01. The molecule has 2 aromatic carbocycles. The highest BCUT2D eigenvalue weighted by atomic mass is 127. The quantitative estimate of drug-likeness (QED) is 0.533. The predicted molar refractivity (Wildman–Crippen MR) is 92.4 cm³/mol. The van der Waals surface area contributed by atoms with Crippen LogP contribution in [0.1, 0.15) is 24.0 Å². The van der Waals surface area contributed by atoms with E-state index in [4.69, 9.17) is 0 Å². The summed E-state index contributed by atoms with van der Waals surface area (Å²) < 4.78 is 1.86. The van der Waals surface area contributed by atoms with Crippen LogP contribution in [0.25, 0.3) is 22.5 Å². The van der Waals surface area contributed by atoms with E-state index in [2.05, 4.69) is 88.6 Å². The predicted octanol–water partition coefficient (Wildman–Crippen LogP) is 4.47. The largest absolute Gasteiger partial charge is 0.183 e. The van der Waals surface area contributed by atoms with E-state index >= 15 is 0 Å². The Hall–Kier alpha value is -1.69. The fourth-order valence-electron chi connectivity index (χ4n) is 3.18. The molecule has 0 radical (unpaired) electrons. The lowest BCUT2D eigenvalue weighted by Gasteiger charge is -2.21. The molecule has 1 unspecified atom stereocenters. The highest BCUT2D eigenvalue weighted by molar-refractivity contribution is 14.1. The molecule has 0 N–H and O–H groups in total. The molecule has 1 heterocycles. The zero-order chi connectivity index (χ0) is 14.4. The standard InChI is InChI=1S/C17H14IN3/c1-11-10-12-6-2-3-8-14(12)17-16(19-20-21(17)18)15-9-5-4-7-13(11)15/h2-9,11H,10H2,1H3. The van der Waals surface area contributed by atoms with Gasteiger partial charge in [-0.25, -0.2) is 0 Å². The number of fused-ring (bicyclic) bond motifs is 5. The van der Waals surface area contributed by atoms with Gasteiger partial charge in [-0.2, -0.15) is 2.90 Å². The molecule has 3 aromatic rings. The molecule has 4 heteroatoms. The van der Waals surface area contributed by atoms with Gasteiger partial charge in [-0.3, -0.25) is 0 Å². The smallest absolute Gasteiger partial charge is 0.122 e. The molecule has 0 aliphatic heterocycles. The SMILES string of the molecule is CC1Cc2ccccc2-c2c(nnn2I)-c2ccccc21. The highest BCUT2D eigenvalue weighted by Crippen LogP contribution is 2.41. The molecule has 4 rings (SSSR count). The average molecular weight is 387 g/mol. The lowest BCUT2D eigenvalue weighted by molar-refractivity contribution is 0.759. The van der Waals surface area contributed by atoms with E-state index in [0.29, 0.717) is 5.92 Å². The number of benzene rings is 2. The molecule has 1 aromatic heterocycles. The topological polar surface area (TPSA) is 30.7 Å². The lowest BCUT2D eigenvalue weighted by atomic mass is 9.83. The van der Waals surface area contributed by atoms with E-state index < -0.39 is 0 Å². The molecule has 0 saturated heterocycles. The summed E-state index contributed by atoms with van der Waals surface area (Å²) in [6.45, 7) is 2.29. The third-order valence-corrected chi connectivity index (χ3v) is 4.85. The van der Waals surface area contributed by atoms with E-state index in [1.165, 1.54) is 22.3 Å². The van der Waals surface area contributed by atoms with Crippen LogP contribution < -0.4 is 0 Å². The van der Waals surface area contributed by atoms with Gasteiger partial charge in [-0.15, -0.1) is 5.10 Å². The number of rotatable bonds is 0. The van der Waals surface area contributed by atoms with Crippen LogP contribution in [0.15, 0.2) is 48.5 Å². The maximum atomic E-state index is 4.44. The fraction of sp³-hybridized carbons (Fsp3) is 0.176. The summed E-state index contributed by atoms with van der Waals surface area (Å²) in [6.07, 6.45) is 1.04. The lowest BCUT2D eigenvalue weighted by Crippen LogP contribution is -2.06. The minimum absolute atomic E-state index is 0.467. The van der Waals surface area contributed by atoms with E-state index in [1.54, 1.807) is 0 Å². The van der Waals surface area contributed by atoms with Gasteiger partial charge in [0.1, 0.15) is 11.4 Å². The normalized spacial score (nSPS) is 16.4. The van der Waals surface area contributed by atoms with E-state index in [9.17, 15) is 0 Å². The Morgan fingerprint density at radius 1 is 1.05 bits per heavy atom. The van der Waals surface area contributed by atoms with Crippen molar-refractivity contribution in [1.29, 1.82) is 0 Å². The van der Waals surface area contributed by atoms with E-state index in [-0.39, 0.29) is 0 Å². The van der Waals surface area contributed by atoms with Crippen molar-refractivity contribution in [3.63, 3.8) is 0 Å². The minimum atomic E-state index is 0.467. The van der Waals surface area contributed by atoms with Gasteiger partial charge in [0.05, 0.1) is 22.9 Å². The van der Waals surface area contributed by atoms with Gasteiger partial charge in [0.2, 0.25) is 0 Å². The summed E-state index contributed by atoms with van der Waals surface area (Å²) in [5.74, 6) is 0.467. The molecule has 0 fully saturated rings. The molecule has 1 aliphatic rings. The summed E-state index contributed by atoms with van der Waals surface area (Å²) in [5, 5.41) is 8.70. The van der Waals surface area contributed by atoms with Crippen LogP contribution in [-0.4, -0.2) is 13.2 Å². The average Bonchev–Trinajstić information content (AvgIpc) is 2.88. The number of halogens is 1. The zero-order valence-electron chi connectivity index (χ0n) is 11.6. The van der Waals surface area contributed by atoms with Gasteiger partial charge < -0.3 is 0 Å². The molecule has 1 atom stereocenters. The first-order valence-electron chi connectivity index (χ1n) is 7.05. The molecule has 1 aliphatic carbocycles. The summed E-state index contributed by atoms with van der Waals surface area (Å²) in [4.78, 5) is 0. The van der Waals surface area contributed by atoms with Crippen molar-refractivity contribution >= 4 is 22.9 Å². The Labute approximate surface area is 137 Å². The second-order valence-corrected chi connectivity index (χ2v) is 6.41. The molecule has 104 valence electrons. The van der Waals surface area contributed by atoms with Gasteiger partial charge in [-0.05, 0) is 23.5 Å². The monoisotopic (exact) mass is 387 g/mol. The summed E-state index contributed by atoms with van der Waals surface area (Å²) in [5.41, 5.74) is 7.25. The van der Waals surface area contributed by atoms with Gasteiger partial charge in [0.15, 0.2) is 0 Å². The Morgan fingerprint density at radius 3 is 2.62 bits per heavy atom. The van der Waals surface area contributed by atoms with Crippen LogP contribution in [0.2, 0.25) is 0 Å². The zero-order valence-corrected chi connectivity index (χ0v) is 13.8. The number of nitrogens with zero attached hydrogens (tertiary/aromatic N) is 3. The maximum absolute atomic E-state index is 4.44. The van der Waals surface area contributed by atoms with Crippen molar-refractivity contribution in [2.45, 2.75) is 19.3 Å². The molecule has 0 bridgehead atoms. The van der Waals surface area contributed by atoms with Gasteiger partial charge in [-0.1, -0.05) is 60.7 Å². The fourth-order valence-corrected chi connectivity index (χ4v) is 3.77. The van der Waals surface area contributed by atoms with Crippen LogP contribution in [0.4, 0.5) is 0 Å². The van der Waals surface area contributed by atoms with Gasteiger partial charge >= 0.3 is 0 Å². The van der Waals surface area contributed by atoms with Crippen LogP contribution in [-0.2, 0) is 6.42 Å². The molecule has 21 heavy (non-hydrogen) atoms. The van der Waals surface area contributed by atoms with Crippen LogP contribution in [0, 0.1) is 0 Å². The van der Waals surface area contributed by atoms with Gasteiger partial charge in [0.25, 0.3) is 0 Å². The Bertz CT molecular complexity index is 822. The number of hydrogen-bond acceptors (Lipinski definition) is 2. The van der Waals surface area contributed by atoms with Crippen LogP contribution in [0.5, 0.6) is 0 Å². The molecule has 0 saturated carbocycles. The van der Waals surface area contributed by atoms with Crippen molar-refractivity contribution < 1.29 is 0 Å². The third-order valence-electron chi connectivity index (χ3n) is 4.18. The third kappa shape index (κ3) is 2.00. The number of aromatic nitrogens is 3. The maximum Gasteiger partial charge on any atom is 0.122 e. The van der Waals surface area contributed by atoms with Gasteiger partial charge in [0, 0.05) is 11.1 Å². The first kappa shape index (κ1) is 13.0. The Kier molecular flexibility index (Phi) is 3.06. The molecule has 0 spiro atoms. The second-order valence-electron chi connectivity index (χ2n) is 5.50. The van der Waals surface area contributed by atoms with E-state index in [1.807, 2.05) is 2.90 Å². The molecular formula is C17H14IN3. The summed E-state index contributed by atoms with van der Waals surface area (Å²) in [7, 11) is 0. The van der Waals surface area contributed by atoms with Crippen LogP contribution >= 0.6 is 22.9 Å². The van der Waals surface area contributed by atoms with E-state index in [0.717, 1.165) is 17.8 Å². The first-order chi connectivity index (χ1) is 10.3. The van der Waals surface area contributed by atoms with Crippen molar-refractivity contribution in [2.75, 3.05) is 0 Å². The van der Waals surface area contributed by atoms with Crippen molar-refractivity contribution in [1.82, 2.24) is 13.2 Å². The molecule has 0 amide bonds. The van der Waals surface area contributed by atoms with Crippen molar-refractivity contribution in [2.24, 2.45) is 0 Å². The Morgan fingerprint density at radius 2 is 1.76 bits per heavy atom. The van der Waals surface area contributed by atoms with Crippen LogP contribution in [0.3, 0.4) is 0 Å².